The van der Waals surface area contributed by atoms with Gasteiger partial charge in [0, 0.05) is 12.7 Å². The van der Waals surface area contributed by atoms with Gasteiger partial charge in [0.15, 0.2) is 0 Å². The minimum Gasteiger partial charge on any atom is -0.466 e. The Hall–Kier alpha value is -3.07. The number of aromatic nitrogens is 4. The topological polar surface area (TPSA) is 99.0 Å². The van der Waals surface area contributed by atoms with Crippen molar-refractivity contribution in [3.05, 3.63) is 47.2 Å². The van der Waals surface area contributed by atoms with E-state index in [1.807, 2.05) is 23.6 Å². The number of rotatable bonds is 7. The standard InChI is InChI=1S/C18H19N5O3S/c1-3-26-16(24)7-9-19-17(25)13-11-21-23(12(13)2)18-20-8-6-14(22-18)15-5-4-10-27-15/h4-6,8,10-11H,3,7,9H2,1-2H3,(H,19,25). The number of thiophene rings is 1. The maximum absolute atomic E-state index is 12.3. The smallest absolute Gasteiger partial charge is 0.307 e. The zero-order chi connectivity index (χ0) is 19.2. The van der Waals surface area contributed by atoms with E-state index in [-0.39, 0.29) is 24.8 Å². The van der Waals surface area contributed by atoms with Crippen LogP contribution in [0.15, 0.2) is 36.0 Å². The van der Waals surface area contributed by atoms with Crippen LogP contribution in [-0.2, 0) is 9.53 Å². The number of amides is 1. The van der Waals surface area contributed by atoms with Gasteiger partial charge in [0.2, 0.25) is 0 Å². The molecule has 0 fully saturated rings. The molecule has 8 nitrogen and oxygen atoms in total. The summed E-state index contributed by atoms with van der Waals surface area (Å²) in [5, 5.41) is 8.92. The van der Waals surface area contributed by atoms with E-state index in [0.29, 0.717) is 23.8 Å². The van der Waals surface area contributed by atoms with E-state index in [0.717, 1.165) is 10.6 Å². The first-order valence-corrected chi connectivity index (χ1v) is 9.34. The first-order chi connectivity index (χ1) is 13.1. The van der Waals surface area contributed by atoms with Crippen molar-refractivity contribution in [2.24, 2.45) is 0 Å². The molecule has 1 amide bonds. The number of nitrogens with zero attached hydrogens (tertiary/aromatic N) is 4. The molecule has 0 spiro atoms. The Morgan fingerprint density at radius 3 is 2.93 bits per heavy atom. The van der Waals surface area contributed by atoms with Crippen molar-refractivity contribution in [1.82, 2.24) is 25.1 Å². The highest BCUT2D eigenvalue weighted by Crippen LogP contribution is 2.23. The molecule has 0 aromatic carbocycles. The second-order valence-corrected chi connectivity index (χ2v) is 6.53. The predicted octanol–water partition coefficient (Wildman–Crippen LogP) is 2.38. The van der Waals surface area contributed by atoms with Crippen LogP contribution in [0.3, 0.4) is 0 Å². The molecule has 140 valence electrons. The molecule has 0 bridgehead atoms. The molecule has 27 heavy (non-hydrogen) atoms. The van der Waals surface area contributed by atoms with Crippen LogP contribution in [0, 0.1) is 6.92 Å². The molecule has 3 heterocycles. The fraction of sp³-hybridized carbons (Fsp3) is 0.278. The normalized spacial score (nSPS) is 10.6. The largest absolute Gasteiger partial charge is 0.466 e. The van der Waals surface area contributed by atoms with Crippen molar-refractivity contribution >= 4 is 23.2 Å². The van der Waals surface area contributed by atoms with Crippen molar-refractivity contribution in [2.75, 3.05) is 13.2 Å². The van der Waals surface area contributed by atoms with Gasteiger partial charge in [0.05, 0.1) is 41.1 Å². The fourth-order valence-corrected chi connectivity index (χ4v) is 3.15. The Kier molecular flexibility index (Phi) is 5.92. The molecule has 3 aromatic heterocycles. The van der Waals surface area contributed by atoms with Gasteiger partial charge in [0.1, 0.15) is 0 Å². The summed E-state index contributed by atoms with van der Waals surface area (Å²) in [5.74, 6) is -0.259. The van der Waals surface area contributed by atoms with Gasteiger partial charge in [-0.15, -0.1) is 11.3 Å². The van der Waals surface area contributed by atoms with Crippen LogP contribution in [0.4, 0.5) is 0 Å². The van der Waals surface area contributed by atoms with Crippen LogP contribution in [0.5, 0.6) is 0 Å². The summed E-state index contributed by atoms with van der Waals surface area (Å²) in [6, 6.07) is 5.77. The quantitative estimate of drug-likeness (QED) is 0.627. The van der Waals surface area contributed by atoms with Gasteiger partial charge in [-0.2, -0.15) is 5.10 Å². The summed E-state index contributed by atoms with van der Waals surface area (Å²) < 4.78 is 6.36. The van der Waals surface area contributed by atoms with E-state index in [9.17, 15) is 9.59 Å². The van der Waals surface area contributed by atoms with Crippen LogP contribution in [0.25, 0.3) is 16.5 Å². The number of nitrogens with one attached hydrogen (secondary N) is 1. The molecule has 3 aromatic rings. The molecule has 0 aliphatic heterocycles. The Morgan fingerprint density at radius 2 is 2.19 bits per heavy atom. The summed E-state index contributed by atoms with van der Waals surface area (Å²) >= 11 is 1.59. The third-order valence-corrected chi connectivity index (χ3v) is 4.67. The minimum absolute atomic E-state index is 0.124. The lowest BCUT2D eigenvalue weighted by molar-refractivity contribution is -0.142. The van der Waals surface area contributed by atoms with Gasteiger partial charge < -0.3 is 10.1 Å². The Labute approximate surface area is 160 Å². The van der Waals surface area contributed by atoms with E-state index in [1.54, 1.807) is 31.4 Å². The molecular formula is C18H19N5O3S. The highest BCUT2D eigenvalue weighted by molar-refractivity contribution is 7.13. The molecule has 0 unspecified atom stereocenters. The zero-order valence-corrected chi connectivity index (χ0v) is 15.8. The van der Waals surface area contributed by atoms with Crippen LogP contribution in [0.2, 0.25) is 0 Å². The summed E-state index contributed by atoms with van der Waals surface area (Å²) in [4.78, 5) is 33.5. The minimum atomic E-state index is -0.344. The second kappa shape index (κ2) is 8.54. The number of hydrogen-bond donors (Lipinski definition) is 1. The van der Waals surface area contributed by atoms with Crippen molar-refractivity contribution < 1.29 is 14.3 Å². The number of esters is 1. The summed E-state index contributed by atoms with van der Waals surface area (Å²) in [7, 11) is 0. The van der Waals surface area contributed by atoms with Crippen LogP contribution < -0.4 is 5.32 Å². The zero-order valence-electron chi connectivity index (χ0n) is 15.0. The molecule has 9 heteroatoms. The van der Waals surface area contributed by atoms with Gasteiger partial charge in [-0.25, -0.2) is 14.6 Å². The maximum Gasteiger partial charge on any atom is 0.307 e. The number of hydrogen-bond acceptors (Lipinski definition) is 7. The van der Waals surface area contributed by atoms with E-state index < -0.39 is 0 Å². The molecule has 0 saturated heterocycles. The third kappa shape index (κ3) is 4.37. The molecule has 3 rings (SSSR count). The predicted molar refractivity (Wildman–Crippen MR) is 101 cm³/mol. The Morgan fingerprint density at radius 1 is 1.33 bits per heavy atom. The first-order valence-electron chi connectivity index (χ1n) is 8.46. The van der Waals surface area contributed by atoms with Crippen LogP contribution in [0.1, 0.15) is 29.4 Å². The Balaban J connectivity index is 1.73. The van der Waals surface area contributed by atoms with Crippen molar-refractivity contribution in [2.45, 2.75) is 20.3 Å². The number of carbonyl (C=O) groups is 2. The van der Waals surface area contributed by atoms with Gasteiger partial charge >= 0.3 is 5.97 Å². The summed E-state index contributed by atoms with van der Waals surface area (Å²) in [6.07, 6.45) is 3.26. The number of carbonyl (C=O) groups excluding carboxylic acids is 2. The van der Waals surface area contributed by atoms with Gasteiger partial charge in [0.25, 0.3) is 11.9 Å². The van der Waals surface area contributed by atoms with Crippen molar-refractivity contribution in [1.29, 1.82) is 0 Å². The average Bonchev–Trinajstić information content (AvgIpc) is 3.32. The molecule has 0 saturated carbocycles. The fourth-order valence-electron chi connectivity index (χ4n) is 2.45. The molecule has 0 aliphatic carbocycles. The van der Waals surface area contributed by atoms with E-state index in [1.165, 1.54) is 10.9 Å². The molecular weight excluding hydrogens is 366 g/mol. The molecule has 0 atom stereocenters. The summed E-state index contributed by atoms with van der Waals surface area (Å²) in [5.41, 5.74) is 1.82. The second-order valence-electron chi connectivity index (χ2n) is 5.59. The molecule has 0 radical (unpaired) electrons. The van der Waals surface area contributed by atoms with E-state index in [4.69, 9.17) is 4.74 Å². The lowest BCUT2D eigenvalue weighted by Gasteiger charge is -2.06. The Bertz CT molecular complexity index is 936. The highest BCUT2D eigenvalue weighted by atomic mass is 32.1. The average molecular weight is 385 g/mol. The maximum atomic E-state index is 12.3. The third-order valence-electron chi connectivity index (χ3n) is 3.78. The van der Waals surface area contributed by atoms with Gasteiger partial charge in [-0.3, -0.25) is 9.59 Å². The van der Waals surface area contributed by atoms with E-state index >= 15 is 0 Å². The van der Waals surface area contributed by atoms with Gasteiger partial charge in [-0.1, -0.05) is 6.07 Å². The number of ether oxygens (including phenoxy) is 1. The lowest BCUT2D eigenvalue weighted by Crippen LogP contribution is -2.27. The SMILES string of the molecule is CCOC(=O)CCNC(=O)c1cnn(-c2nccc(-c3cccs3)n2)c1C. The molecule has 1 N–H and O–H groups in total. The van der Waals surface area contributed by atoms with Gasteiger partial charge in [-0.05, 0) is 31.4 Å². The van der Waals surface area contributed by atoms with E-state index in [2.05, 4.69) is 20.4 Å². The summed E-state index contributed by atoms with van der Waals surface area (Å²) in [6.45, 7) is 4.04. The van der Waals surface area contributed by atoms with Crippen LogP contribution in [-0.4, -0.2) is 44.8 Å². The van der Waals surface area contributed by atoms with Crippen molar-refractivity contribution in [3.63, 3.8) is 0 Å². The first kappa shape index (κ1) is 18.7. The monoisotopic (exact) mass is 385 g/mol. The lowest BCUT2D eigenvalue weighted by atomic mass is 10.2. The highest BCUT2D eigenvalue weighted by Gasteiger charge is 2.17. The molecule has 0 aliphatic rings. The van der Waals surface area contributed by atoms with Crippen LogP contribution >= 0.6 is 11.3 Å². The van der Waals surface area contributed by atoms with Crippen molar-refractivity contribution in [3.8, 4) is 16.5 Å².